The highest BCUT2D eigenvalue weighted by molar-refractivity contribution is 5.76. The number of aliphatic carboxylic acids is 1. The van der Waals surface area contributed by atoms with Crippen LogP contribution in [0.3, 0.4) is 0 Å². The van der Waals surface area contributed by atoms with E-state index in [1.807, 2.05) is 0 Å². The van der Waals surface area contributed by atoms with Crippen LogP contribution in [0, 0.1) is 5.41 Å². The number of rotatable bonds is 2. The van der Waals surface area contributed by atoms with Crippen LogP contribution < -0.4 is 0 Å². The van der Waals surface area contributed by atoms with Crippen LogP contribution in [-0.2, 0) is 9.53 Å². The number of hydrogen-bond donors (Lipinski definition) is 1. The van der Waals surface area contributed by atoms with Gasteiger partial charge < -0.3 is 14.7 Å². The molecule has 0 spiro atoms. The summed E-state index contributed by atoms with van der Waals surface area (Å²) in [7, 11) is 0. The molecule has 0 aromatic carbocycles. The summed E-state index contributed by atoms with van der Waals surface area (Å²) in [6, 6.07) is 0. The molecule has 1 fully saturated rings. The van der Waals surface area contributed by atoms with Crippen LogP contribution in [0.2, 0.25) is 0 Å². The molecular formula is C10H14F3NO4. The Hall–Kier alpha value is -1.47. The predicted molar refractivity (Wildman–Crippen MR) is 54.0 cm³/mol. The van der Waals surface area contributed by atoms with E-state index in [0.29, 0.717) is 12.8 Å². The lowest BCUT2D eigenvalue weighted by atomic mass is 9.82. The van der Waals surface area contributed by atoms with E-state index < -0.39 is 30.3 Å². The molecule has 1 aliphatic rings. The highest BCUT2D eigenvalue weighted by Crippen LogP contribution is 2.30. The molecule has 0 bridgehead atoms. The normalized spacial score (nSPS) is 24.8. The second kappa shape index (κ2) is 5.03. The fourth-order valence-corrected chi connectivity index (χ4v) is 1.80. The van der Waals surface area contributed by atoms with Gasteiger partial charge in [0.15, 0.2) is 6.61 Å². The Bertz CT molecular complexity index is 345. The standard InChI is InChI=1S/C10H14F3NO4/c1-9(7(15)16)3-2-4-14(5-9)8(17)18-6-10(11,12)13/h2-6H2,1H3,(H,15,16). The number of piperidine rings is 1. The van der Waals surface area contributed by atoms with Crippen LogP contribution in [0.1, 0.15) is 19.8 Å². The summed E-state index contributed by atoms with van der Waals surface area (Å²) in [5.41, 5.74) is -1.13. The minimum absolute atomic E-state index is 0.140. The number of carbonyl (C=O) groups excluding carboxylic acids is 1. The largest absolute Gasteiger partial charge is 0.481 e. The lowest BCUT2D eigenvalue weighted by molar-refractivity contribution is -0.164. The Morgan fingerprint density at radius 3 is 2.56 bits per heavy atom. The third-order valence-corrected chi connectivity index (χ3v) is 2.83. The van der Waals surface area contributed by atoms with Gasteiger partial charge in [-0.1, -0.05) is 0 Å². The average molecular weight is 269 g/mol. The summed E-state index contributed by atoms with van der Waals surface area (Å²) < 4.78 is 39.7. The molecule has 0 saturated carbocycles. The number of halogens is 3. The number of likely N-dealkylation sites (tertiary alicyclic amines) is 1. The third kappa shape index (κ3) is 3.78. The van der Waals surface area contributed by atoms with Gasteiger partial charge in [-0.05, 0) is 19.8 Å². The summed E-state index contributed by atoms with van der Waals surface area (Å²) in [6.45, 7) is -0.136. The van der Waals surface area contributed by atoms with Crippen molar-refractivity contribution >= 4 is 12.1 Å². The number of ether oxygens (including phenoxy) is 1. The second-order valence-electron chi connectivity index (χ2n) is 4.56. The Morgan fingerprint density at radius 2 is 2.06 bits per heavy atom. The average Bonchev–Trinajstić information content (AvgIpc) is 2.24. The second-order valence-corrected chi connectivity index (χ2v) is 4.56. The van der Waals surface area contributed by atoms with Crippen molar-refractivity contribution in [3.63, 3.8) is 0 Å². The Labute approximate surface area is 102 Å². The van der Waals surface area contributed by atoms with Crippen LogP contribution in [0.15, 0.2) is 0 Å². The van der Waals surface area contributed by atoms with Crippen molar-refractivity contribution in [1.29, 1.82) is 0 Å². The smallest absolute Gasteiger partial charge is 0.422 e. The molecule has 104 valence electrons. The van der Waals surface area contributed by atoms with E-state index in [2.05, 4.69) is 4.74 Å². The molecule has 18 heavy (non-hydrogen) atoms. The van der Waals surface area contributed by atoms with Crippen molar-refractivity contribution in [3.05, 3.63) is 0 Å². The van der Waals surface area contributed by atoms with Gasteiger partial charge in [0.25, 0.3) is 0 Å². The molecule has 8 heteroatoms. The quantitative estimate of drug-likeness (QED) is 0.831. The first kappa shape index (κ1) is 14.6. The maximum absolute atomic E-state index is 11.9. The van der Waals surface area contributed by atoms with Gasteiger partial charge >= 0.3 is 18.2 Å². The monoisotopic (exact) mass is 269 g/mol. The summed E-state index contributed by atoms with van der Waals surface area (Å²) in [5, 5.41) is 9.00. The molecule has 1 rings (SSSR count). The molecule has 1 heterocycles. The van der Waals surface area contributed by atoms with Crippen molar-refractivity contribution in [3.8, 4) is 0 Å². The van der Waals surface area contributed by atoms with E-state index in [9.17, 15) is 22.8 Å². The zero-order valence-corrected chi connectivity index (χ0v) is 9.79. The molecule has 1 saturated heterocycles. The number of amides is 1. The highest BCUT2D eigenvalue weighted by Gasteiger charge is 2.40. The number of hydrogen-bond acceptors (Lipinski definition) is 3. The minimum Gasteiger partial charge on any atom is -0.481 e. The van der Waals surface area contributed by atoms with E-state index in [1.165, 1.54) is 6.92 Å². The lowest BCUT2D eigenvalue weighted by Gasteiger charge is -2.36. The topological polar surface area (TPSA) is 66.8 Å². The van der Waals surface area contributed by atoms with E-state index in [0.717, 1.165) is 4.90 Å². The Kier molecular flexibility index (Phi) is 4.08. The molecular weight excluding hydrogens is 255 g/mol. The van der Waals surface area contributed by atoms with Crippen molar-refractivity contribution in [1.82, 2.24) is 4.90 Å². The van der Waals surface area contributed by atoms with E-state index in [4.69, 9.17) is 5.11 Å². The van der Waals surface area contributed by atoms with Crippen LogP contribution >= 0.6 is 0 Å². The molecule has 0 aromatic heterocycles. The van der Waals surface area contributed by atoms with Crippen LogP contribution in [0.5, 0.6) is 0 Å². The van der Waals surface area contributed by atoms with Gasteiger partial charge in [0.05, 0.1) is 5.41 Å². The maximum Gasteiger partial charge on any atom is 0.422 e. The molecule has 1 N–H and O–H groups in total. The number of carboxylic acids is 1. The van der Waals surface area contributed by atoms with Gasteiger partial charge in [-0.25, -0.2) is 4.79 Å². The Morgan fingerprint density at radius 1 is 1.44 bits per heavy atom. The van der Waals surface area contributed by atoms with Gasteiger partial charge in [-0.3, -0.25) is 4.79 Å². The molecule has 5 nitrogen and oxygen atoms in total. The molecule has 0 aromatic rings. The fourth-order valence-electron chi connectivity index (χ4n) is 1.80. The van der Waals surface area contributed by atoms with Gasteiger partial charge in [0.1, 0.15) is 0 Å². The maximum atomic E-state index is 11.9. The molecule has 1 unspecified atom stereocenters. The van der Waals surface area contributed by atoms with Crippen molar-refractivity contribution in [2.75, 3.05) is 19.7 Å². The van der Waals surface area contributed by atoms with Gasteiger partial charge in [0.2, 0.25) is 0 Å². The van der Waals surface area contributed by atoms with Crippen LogP contribution in [-0.4, -0.2) is 47.9 Å². The molecule has 1 amide bonds. The summed E-state index contributed by atoms with van der Waals surface area (Å²) in [6.07, 6.45) is -4.91. The Balaban J connectivity index is 2.56. The minimum atomic E-state index is -4.58. The van der Waals surface area contributed by atoms with E-state index in [-0.39, 0.29) is 13.1 Å². The highest BCUT2D eigenvalue weighted by atomic mass is 19.4. The van der Waals surface area contributed by atoms with Crippen molar-refractivity contribution < 1.29 is 32.6 Å². The van der Waals surface area contributed by atoms with E-state index in [1.54, 1.807) is 0 Å². The van der Waals surface area contributed by atoms with Crippen LogP contribution in [0.4, 0.5) is 18.0 Å². The number of nitrogens with zero attached hydrogens (tertiary/aromatic N) is 1. The van der Waals surface area contributed by atoms with Gasteiger partial charge in [-0.15, -0.1) is 0 Å². The number of alkyl halides is 3. The van der Waals surface area contributed by atoms with Gasteiger partial charge in [0, 0.05) is 13.1 Å². The first-order chi connectivity index (χ1) is 8.14. The lowest BCUT2D eigenvalue weighted by Crippen LogP contribution is -2.48. The summed E-state index contributed by atoms with van der Waals surface area (Å²) in [4.78, 5) is 23.4. The summed E-state index contributed by atoms with van der Waals surface area (Å²) in [5.74, 6) is -1.07. The number of carbonyl (C=O) groups is 2. The van der Waals surface area contributed by atoms with Crippen molar-refractivity contribution in [2.45, 2.75) is 25.9 Å². The molecule has 1 aliphatic heterocycles. The summed E-state index contributed by atoms with van der Waals surface area (Å²) >= 11 is 0. The first-order valence-corrected chi connectivity index (χ1v) is 5.36. The van der Waals surface area contributed by atoms with Gasteiger partial charge in [-0.2, -0.15) is 13.2 Å². The van der Waals surface area contributed by atoms with Crippen LogP contribution in [0.25, 0.3) is 0 Å². The molecule has 0 aliphatic carbocycles. The SMILES string of the molecule is CC1(C(=O)O)CCCN(C(=O)OCC(F)(F)F)C1. The first-order valence-electron chi connectivity index (χ1n) is 5.36. The zero-order chi connectivity index (χ0) is 14.0. The van der Waals surface area contributed by atoms with E-state index >= 15 is 0 Å². The zero-order valence-electron chi connectivity index (χ0n) is 9.79. The molecule has 0 radical (unpaired) electrons. The molecule has 1 atom stereocenters. The third-order valence-electron chi connectivity index (χ3n) is 2.83. The fraction of sp³-hybridized carbons (Fsp3) is 0.800. The van der Waals surface area contributed by atoms with Crippen molar-refractivity contribution in [2.24, 2.45) is 5.41 Å². The predicted octanol–water partition coefficient (Wildman–Crippen LogP) is 1.87. The number of carboxylic acid groups (broad SMARTS) is 1.